The van der Waals surface area contributed by atoms with Crippen LogP contribution in [0.3, 0.4) is 0 Å². The number of rotatable bonds is 9. The maximum absolute atomic E-state index is 12.1. The summed E-state index contributed by atoms with van der Waals surface area (Å²) >= 11 is 0. The summed E-state index contributed by atoms with van der Waals surface area (Å²) in [7, 11) is 0. The molecule has 1 aromatic rings. The van der Waals surface area contributed by atoms with Crippen LogP contribution in [0.1, 0.15) is 68.6 Å². The molecule has 24 heavy (non-hydrogen) atoms. The first kappa shape index (κ1) is 18.5. The number of hydrogen-bond acceptors (Lipinski definition) is 2. The molecule has 0 aromatic heterocycles. The van der Waals surface area contributed by atoms with E-state index in [0.717, 1.165) is 6.42 Å². The van der Waals surface area contributed by atoms with E-state index in [4.69, 9.17) is 0 Å². The molecule has 0 heterocycles. The van der Waals surface area contributed by atoms with Crippen LogP contribution in [0, 0.1) is 5.92 Å². The first-order chi connectivity index (χ1) is 11.7. The standard InChI is InChI=1S/C20H30N2O2/c1-2-3-9-16-12-7-13-18(16)22-19(23)14-8-15-21-20(24)17-10-5-4-6-11-17/h4-6,10-11,16,18H,2-3,7-9,12-15H2,1H3,(H,21,24)(H,22,23). The Hall–Kier alpha value is -1.84. The van der Waals surface area contributed by atoms with E-state index in [1.807, 2.05) is 18.2 Å². The Morgan fingerprint density at radius 2 is 1.92 bits per heavy atom. The highest BCUT2D eigenvalue weighted by Gasteiger charge is 2.27. The molecule has 2 rings (SSSR count). The van der Waals surface area contributed by atoms with Crippen LogP contribution in [0.15, 0.2) is 30.3 Å². The molecule has 2 unspecified atom stereocenters. The van der Waals surface area contributed by atoms with E-state index in [0.29, 0.717) is 36.9 Å². The zero-order chi connectivity index (χ0) is 17.2. The molecule has 4 nitrogen and oxygen atoms in total. The molecule has 1 aliphatic rings. The van der Waals surface area contributed by atoms with Gasteiger partial charge in [-0.1, -0.05) is 44.4 Å². The van der Waals surface area contributed by atoms with Gasteiger partial charge >= 0.3 is 0 Å². The molecule has 0 saturated heterocycles. The van der Waals surface area contributed by atoms with Crippen molar-refractivity contribution in [1.82, 2.24) is 10.6 Å². The number of amides is 2. The molecule has 2 atom stereocenters. The van der Waals surface area contributed by atoms with Crippen molar-refractivity contribution in [3.8, 4) is 0 Å². The fourth-order valence-electron chi connectivity index (χ4n) is 3.46. The predicted octanol–water partition coefficient (Wildman–Crippen LogP) is 3.67. The molecular weight excluding hydrogens is 300 g/mol. The first-order valence-electron chi connectivity index (χ1n) is 9.33. The van der Waals surface area contributed by atoms with Crippen LogP contribution in [0.4, 0.5) is 0 Å². The summed E-state index contributed by atoms with van der Waals surface area (Å²) in [5.74, 6) is 0.704. The van der Waals surface area contributed by atoms with Crippen LogP contribution in [-0.4, -0.2) is 24.4 Å². The second-order valence-corrected chi connectivity index (χ2v) is 6.73. The van der Waals surface area contributed by atoms with E-state index in [9.17, 15) is 9.59 Å². The van der Waals surface area contributed by atoms with Crippen molar-refractivity contribution < 1.29 is 9.59 Å². The lowest BCUT2D eigenvalue weighted by Crippen LogP contribution is -2.37. The Labute approximate surface area is 145 Å². The molecule has 4 heteroatoms. The molecule has 2 amide bonds. The number of unbranched alkanes of at least 4 members (excludes halogenated alkanes) is 1. The van der Waals surface area contributed by atoms with Gasteiger partial charge in [-0.05, 0) is 43.7 Å². The van der Waals surface area contributed by atoms with E-state index >= 15 is 0 Å². The number of nitrogens with one attached hydrogen (secondary N) is 2. The van der Waals surface area contributed by atoms with E-state index in [-0.39, 0.29) is 11.8 Å². The minimum Gasteiger partial charge on any atom is -0.353 e. The summed E-state index contributed by atoms with van der Waals surface area (Å²) in [5.41, 5.74) is 0.659. The van der Waals surface area contributed by atoms with Crippen molar-refractivity contribution >= 4 is 11.8 Å². The van der Waals surface area contributed by atoms with Crippen LogP contribution in [-0.2, 0) is 4.79 Å². The lowest BCUT2D eigenvalue weighted by molar-refractivity contribution is -0.122. The van der Waals surface area contributed by atoms with Gasteiger partial charge in [-0.15, -0.1) is 0 Å². The molecule has 0 radical (unpaired) electrons. The van der Waals surface area contributed by atoms with Crippen LogP contribution in [0.5, 0.6) is 0 Å². The molecule has 2 N–H and O–H groups in total. The topological polar surface area (TPSA) is 58.2 Å². The molecule has 1 fully saturated rings. The van der Waals surface area contributed by atoms with Gasteiger partial charge in [-0.2, -0.15) is 0 Å². The van der Waals surface area contributed by atoms with Gasteiger partial charge in [0.2, 0.25) is 5.91 Å². The average Bonchev–Trinajstić information content (AvgIpc) is 3.04. The summed E-state index contributed by atoms with van der Waals surface area (Å²) in [6.45, 7) is 2.75. The third kappa shape index (κ3) is 5.99. The van der Waals surface area contributed by atoms with Gasteiger partial charge in [0.05, 0.1) is 0 Å². The Morgan fingerprint density at radius 3 is 2.67 bits per heavy atom. The predicted molar refractivity (Wildman–Crippen MR) is 96.8 cm³/mol. The summed E-state index contributed by atoms with van der Waals surface area (Å²) in [4.78, 5) is 24.0. The molecule has 1 saturated carbocycles. The van der Waals surface area contributed by atoms with Crippen LogP contribution in [0.25, 0.3) is 0 Å². The number of carbonyl (C=O) groups is 2. The normalized spacial score (nSPS) is 19.9. The highest BCUT2D eigenvalue weighted by Crippen LogP contribution is 2.29. The van der Waals surface area contributed by atoms with Crippen molar-refractivity contribution in [1.29, 1.82) is 0 Å². The van der Waals surface area contributed by atoms with E-state index in [2.05, 4.69) is 17.6 Å². The molecule has 0 spiro atoms. The van der Waals surface area contributed by atoms with Gasteiger partial charge in [0.25, 0.3) is 5.91 Å². The van der Waals surface area contributed by atoms with Gasteiger partial charge in [0.15, 0.2) is 0 Å². The summed E-state index contributed by atoms with van der Waals surface area (Å²) < 4.78 is 0. The summed E-state index contributed by atoms with van der Waals surface area (Å²) in [6.07, 6.45) is 8.45. The van der Waals surface area contributed by atoms with Gasteiger partial charge in [-0.3, -0.25) is 9.59 Å². The number of carbonyl (C=O) groups excluding carboxylic acids is 2. The van der Waals surface area contributed by atoms with E-state index in [1.165, 1.54) is 32.1 Å². The second-order valence-electron chi connectivity index (χ2n) is 6.73. The Kier molecular flexibility index (Phi) is 7.80. The van der Waals surface area contributed by atoms with Crippen LogP contribution in [0.2, 0.25) is 0 Å². The minimum absolute atomic E-state index is 0.0774. The van der Waals surface area contributed by atoms with Crippen LogP contribution < -0.4 is 10.6 Å². The first-order valence-corrected chi connectivity index (χ1v) is 9.33. The molecular formula is C20H30N2O2. The largest absolute Gasteiger partial charge is 0.353 e. The van der Waals surface area contributed by atoms with Crippen molar-refractivity contribution in [3.63, 3.8) is 0 Å². The van der Waals surface area contributed by atoms with Gasteiger partial charge in [0.1, 0.15) is 0 Å². The maximum atomic E-state index is 12.1. The van der Waals surface area contributed by atoms with Gasteiger partial charge < -0.3 is 10.6 Å². The lowest BCUT2D eigenvalue weighted by atomic mass is 9.96. The quantitative estimate of drug-likeness (QED) is 0.679. The average molecular weight is 330 g/mol. The Morgan fingerprint density at radius 1 is 1.12 bits per heavy atom. The zero-order valence-electron chi connectivity index (χ0n) is 14.7. The van der Waals surface area contributed by atoms with Crippen molar-refractivity contribution in [2.75, 3.05) is 6.54 Å². The highest BCUT2D eigenvalue weighted by atomic mass is 16.2. The van der Waals surface area contributed by atoms with E-state index < -0.39 is 0 Å². The third-order valence-electron chi connectivity index (χ3n) is 4.84. The third-order valence-corrected chi connectivity index (χ3v) is 4.84. The van der Waals surface area contributed by atoms with Gasteiger partial charge in [-0.25, -0.2) is 0 Å². The summed E-state index contributed by atoms with van der Waals surface area (Å²) in [5, 5.41) is 6.07. The van der Waals surface area contributed by atoms with Gasteiger partial charge in [0, 0.05) is 24.6 Å². The summed E-state index contributed by atoms with van der Waals surface area (Å²) in [6, 6.07) is 9.52. The van der Waals surface area contributed by atoms with E-state index in [1.54, 1.807) is 12.1 Å². The zero-order valence-corrected chi connectivity index (χ0v) is 14.7. The molecule has 0 aliphatic heterocycles. The Bertz CT molecular complexity index is 516. The molecule has 0 bridgehead atoms. The van der Waals surface area contributed by atoms with Crippen molar-refractivity contribution in [2.45, 2.75) is 64.3 Å². The maximum Gasteiger partial charge on any atom is 0.251 e. The fourth-order valence-corrected chi connectivity index (χ4v) is 3.46. The SMILES string of the molecule is CCCCC1CCCC1NC(=O)CCCNC(=O)c1ccccc1. The Balaban J connectivity index is 1.62. The van der Waals surface area contributed by atoms with Crippen LogP contribution >= 0.6 is 0 Å². The number of hydrogen-bond donors (Lipinski definition) is 2. The fraction of sp³-hybridized carbons (Fsp3) is 0.600. The monoisotopic (exact) mass is 330 g/mol. The van der Waals surface area contributed by atoms with Crippen molar-refractivity contribution in [2.24, 2.45) is 5.92 Å². The molecule has 1 aromatic carbocycles. The molecule has 132 valence electrons. The molecule has 1 aliphatic carbocycles. The smallest absolute Gasteiger partial charge is 0.251 e. The lowest BCUT2D eigenvalue weighted by Gasteiger charge is -2.21. The minimum atomic E-state index is -0.0774. The highest BCUT2D eigenvalue weighted by molar-refractivity contribution is 5.94. The number of benzene rings is 1. The second kappa shape index (κ2) is 10.1. The van der Waals surface area contributed by atoms with Crippen molar-refractivity contribution in [3.05, 3.63) is 35.9 Å².